The van der Waals surface area contributed by atoms with Gasteiger partial charge in [0, 0.05) is 25.2 Å². The molecule has 0 atom stereocenters. The predicted molar refractivity (Wildman–Crippen MR) is 113 cm³/mol. The molecule has 0 aliphatic carbocycles. The van der Waals surface area contributed by atoms with Gasteiger partial charge in [0.1, 0.15) is 6.61 Å². The highest BCUT2D eigenvalue weighted by atomic mass is 16.5. The van der Waals surface area contributed by atoms with Crippen LogP contribution in [0.5, 0.6) is 5.75 Å². The minimum absolute atomic E-state index is 0.101. The molecular weight excluding hydrogens is 364 g/mol. The molecule has 0 radical (unpaired) electrons. The zero-order chi connectivity index (χ0) is 20.5. The monoisotopic (exact) mass is 394 g/mol. The summed E-state index contributed by atoms with van der Waals surface area (Å²) in [4.78, 5) is 26.3. The summed E-state index contributed by atoms with van der Waals surface area (Å²) in [6.07, 6.45) is 6.17. The molecule has 2 aliphatic rings. The molecule has 0 saturated carbocycles. The van der Waals surface area contributed by atoms with Crippen molar-refractivity contribution in [3.8, 4) is 5.75 Å². The van der Waals surface area contributed by atoms with E-state index in [0.717, 1.165) is 44.5 Å². The highest BCUT2D eigenvalue weighted by molar-refractivity contribution is 5.85. The van der Waals surface area contributed by atoms with Gasteiger partial charge in [0.05, 0.1) is 17.8 Å². The number of amides is 1. The van der Waals surface area contributed by atoms with Crippen LogP contribution >= 0.6 is 0 Å². The van der Waals surface area contributed by atoms with E-state index in [9.17, 15) is 4.79 Å². The summed E-state index contributed by atoms with van der Waals surface area (Å²) in [7, 11) is 0. The van der Waals surface area contributed by atoms with Crippen molar-refractivity contribution < 1.29 is 9.53 Å². The number of hydrogen-bond acceptors (Lipinski definition) is 5. The molecule has 1 aromatic heterocycles. The lowest BCUT2D eigenvalue weighted by atomic mass is 9.77. The zero-order valence-electron chi connectivity index (χ0n) is 17.6. The maximum atomic E-state index is 13.1. The van der Waals surface area contributed by atoms with Gasteiger partial charge in [-0.2, -0.15) is 0 Å². The van der Waals surface area contributed by atoms with Crippen molar-refractivity contribution in [3.05, 3.63) is 48.3 Å². The second-order valence-electron chi connectivity index (χ2n) is 9.14. The third-order valence-corrected chi connectivity index (χ3v) is 6.19. The minimum Gasteiger partial charge on any atom is -0.486 e. The fraction of sp³-hybridized carbons (Fsp3) is 0.522. The number of nitrogens with zero attached hydrogens (tertiary/aromatic N) is 4. The maximum Gasteiger partial charge on any atom is 0.229 e. The number of rotatable bonds is 4. The van der Waals surface area contributed by atoms with Crippen molar-refractivity contribution in [1.29, 1.82) is 0 Å². The number of benzene rings is 1. The Balaban J connectivity index is 1.34. The van der Waals surface area contributed by atoms with Crippen LogP contribution in [0.1, 0.15) is 45.6 Å². The third kappa shape index (κ3) is 4.07. The van der Waals surface area contributed by atoms with Crippen LogP contribution < -0.4 is 9.64 Å². The van der Waals surface area contributed by atoms with Gasteiger partial charge in [-0.05, 0) is 45.6 Å². The van der Waals surface area contributed by atoms with Crippen LogP contribution in [-0.4, -0.2) is 45.9 Å². The molecule has 2 fully saturated rings. The average Bonchev–Trinajstić information content (AvgIpc) is 3.04. The Labute approximate surface area is 172 Å². The summed E-state index contributed by atoms with van der Waals surface area (Å²) in [6, 6.07) is 10.0. The summed E-state index contributed by atoms with van der Waals surface area (Å²) in [5.74, 6) is 1.71. The molecule has 29 heavy (non-hydrogen) atoms. The Morgan fingerprint density at radius 3 is 2.21 bits per heavy atom. The number of carbonyl (C=O) groups is 1. The third-order valence-electron chi connectivity index (χ3n) is 6.19. The maximum absolute atomic E-state index is 13.1. The number of anilines is 1. The van der Waals surface area contributed by atoms with E-state index in [1.54, 1.807) is 12.4 Å². The highest BCUT2D eigenvalue weighted by Crippen LogP contribution is 2.44. The van der Waals surface area contributed by atoms with Gasteiger partial charge in [0.25, 0.3) is 0 Å². The van der Waals surface area contributed by atoms with Gasteiger partial charge in [-0.3, -0.25) is 4.79 Å². The first-order valence-corrected chi connectivity index (χ1v) is 10.4. The second-order valence-corrected chi connectivity index (χ2v) is 9.14. The molecule has 4 rings (SSSR count). The van der Waals surface area contributed by atoms with E-state index in [0.29, 0.717) is 24.2 Å². The highest BCUT2D eigenvalue weighted by Gasteiger charge is 2.50. The molecule has 2 aliphatic heterocycles. The Morgan fingerprint density at radius 2 is 1.62 bits per heavy atom. The fourth-order valence-corrected chi connectivity index (χ4v) is 4.35. The van der Waals surface area contributed by atoms with Gasteiger partial charge in [0.2, 0.25) is 11.9 Å². The molecule has 2 saturated heterocycles. The lowest BCUT2D eigenvalue weighted by molar-refractivity contribution is -0.140. The van der Waals surface area contributed by atoms with Gasteiger partial charge >= 0.3 is 0 Å². The summed E-state index contributed by atoms with van der Waals surface area (Å²) in [5, 5.41) is 0. The minimum atomic E-state index is -0.192. The molecule has 2 aromatic rings. The van der Waals surface area contributed by atoms with Crippen molar-refractivity contribution in [1.82, 2.24) is 14.9 Å². The van der Waals surface area contributed by atoms with E-state index in [1.807, 2.05) is 30.3 Å². The molecule has 1 amide bonds. The SMILES string of the molecule is CC(C)(C)N1CCC2(CCN(c3ncc(OCc4ccccc4)cn3)CC2)C1=O. The van der Waals surface area contributed by atoms with Crippen LogP contribution in [-0.2, 0) is 11.4 Å². The molecule has 1 spiro atoms. The van der Waals surface area contributed by atoms with Crippen molar-refractivity contribution in [3.63, 3.8) is 0 Å². The first-order valence-electron chi connectivity index (χ1n) is 10.4. The molecule has 6 nitrogen and oxygen atoms in total. The molecule has 1 aromatic carbocycles. The Morgan fingerprint density at radius 1 is 1.00 bits per heavy atom. The van der Waals surface area contributed by atoms with Crippen LogP contribution in [0.25, 0.3) is 0 Å². The number of ether oxygens (including phenoxy) is 1. The van der Waals surface area contributed by atoms with Gasteiger partial charge in [0.15, 0.2) is 5.75 Å². The summed E-state index contributed by atoms with van der Waals surface area (Å²) >= 11 is 0. The Hall–Kier alpha value is -2.63. The molecule has 0 unspecified atom stereocenters. The van der Waals surface area contributed by atoms with Crippen LogP contribution in [0.2, 0.25) is 0 Å². The molecule has 6 heteroatoms. The molecule has 154 valence electrons. The first-order chi connectivity index (χ1) is 13.9. The van der Waals surface area contributed by atoms with E-state index in [2.05, 4.69) is 40.5 Å². The molecule has 0 N–H and O–H groups in total. The van der Waals surface area contributed by atoms with Crippen molar-refractivity contribution >= 4 is 11.9 Å². The quantitative estimate of drug-likeness (QED) is 0.792. The van der Waals surface area contributed by atoms with Crippen molar-refractivity contribution in [2.45, 2.75) is 52.2 Å². The number of likely N-dealkylation sites (tertiary alicyclic amines) is 1. The molecule has 3 heterocycles. The van der Waals surface area contributed by atoms with E-state index in [1.165, 1.54) is 0 Å². The van der Waals surface area contributed by atoms with Crippen LogP contribution in [0, 0.1) is 5.41 Å². The van der Waals surface area contributed by atoms with E-state index in [4.69, 9.17) is 4.74 Å². The van der Waals surface area contributed by atoms with E-state index < -0.39 is 0 Å². The number of carbonyl (C=O) groups excluding carboxylic acids is 1. The summed E-state index contributed by atoms with van der Waals surface area (Å²) in [6.45, 7) is 9.35. The molecule has 0 bridgehead atoms. The average molecular weight is 395 g/mol. The van der Waals surface area contributed by atoms with Gasteiger partial charge in [-0.15, -0.1) is 0 Å². The first kappa shape index (κ1) is 19.7. The largest absolute Gasteiger partial charge is 0.486 e. The van der Waals surface area contributed by atoms with Crippen LogP contribution in [0.15, 0.2) is 42.7 Å². The van der Waals surface area contributed by atoms with Crippen molar-refractivity contribution in [2.75, 3.05) is 24.5 Å². The topological polar surface area (TPSA) is 58.6 Å². The second kappa shape index (κ2) is 7.65. The van der Waals surface area contributed by atoms with Gasteiger partial charge in [-0.1, -0.05) is 30.3 Å². The molecular formula is C23H30N4O2. The smallest absolute Gasteiger partial charge is 0.229 e. The van der Waals surface area contributed by atoms with E-state index >= 15 is 0 Å². The summed E-state index contributed by atoms with van der Waals surface area (Å²) < 4.78 is 5.77. The Bertz CT molecular complexity index is 837. The number of hydrogen-bond donors (Lipinski definition) is 0. The Kier molecular flexibility index (Phi) is 5.19. The normalized spacial score (nSPS) is 19.1. The van der Waals surface area contributed by atoms with Gasteiger partial charge in [-0.25, -0.2) is 9.97 Å². The number of piperidine rings is 1. The zero-order valence-corrected chi connectivity index (χ0v) is 17.6. The summed E-state index contributed by atoms with van der Waals surface area (Å²) in [5.41, 5.74) is 0.822. The standard InChI is InChI=1S/C23H30N4O2/c1-22(2,3)27-14-11-23(20(27)28)9-12-26(13-10-23)21-24-15-19(16-25-21)29-17-18-7-5-4-6-8-18/h4-8,15-16H,9-14,17H2,1-3H3. The van der Waals surface area contributed by atoms with E-state index in [-0.39, 0.29) is 11.0 Å². The fourth-order valence-electron chi connectivity index (χ4n) is 4.35. The predicted octanol–water partition coefficient (Wildman–Crippen LogP) is 3.67. The number of aromatic nitrogens is 2. The lowest BCUT2D eigenvalue weighted by Crippen LogP contribution is -2.49. The van der Waals surface area contributed by atoms with Crippen LogP contribution in [0.3, 0.4) is 0 Å². The lowest BCUT2D eigenvalue weighted by Gasteiger charge is -2.39. The van der Waals surface area contributed by atoms with Crippen LogP contribution in [0.4, 0.5) is 5.95 Å². The van der Waals surface area contributed by atoms with Crippen molar-refractivity contribution in [2.24, 2.45) is 5.41 Å². The van der Waals surface area contributed by atoms with Gasteiger partial charge < -0.3 is 14.5 Å².